The second-order valence-electron chi connectivity index (χ2n) is 2.99. The van der Waals surface area contributed by atoms with E-state index >= 15 is 0 Å². The van der Waals surface area contributed by atoms with Gasteiger partial charge in [0.25, 0.3) is 10.0 Å². The first kappa shape index (κ1) is 11.6. The van der Waals surface area contributed by atoms with E-state index in [1.165, 1.54) is 23.8 Å². The molecule has 0 aliphatic heterocycles. The summed E-state index contributed by atoms with van der Waals surface area (Å²) < 4.78 is 31.6. The molecular formula is C8H7BrN2O3S2. The van der Waals surface area contributed by atoms with Gasteiger partial charge in [-0.25, -0.2) is 8.42 Å². The first-order valence-corrected chi connectivity index (χ1v) is 7.26. The standard InChI is InChI=1S/C8H7BrN2O3S2/c1-5-7(2-8(9)15-5)16(12,13)11-6-3-10-14-4-6/h2-4,11H,1H3. The summed E-state index contributed by atoms with van der Waals surface area (Å²) in [7, 11) is -3.56. The predicted molar refractivity (Wildman–Crippen MR) is 64.1 cm³/mol. The summed E-state index contributed by atoms with van der Waals surface area (Å²) in [6, 6.07) is 1.57. The number of anilines is 1. The summed E-state index contributed by atoms with van der Waals surface area (Å²) in [5.41, 5.74) is 0.307. The fourth-order valence-electron chi connectivity index (χ4n) is 1.16. The number of sulfonamides is 1. The van der Waals surface area contributed by atoms with E-state index in [1.807, 2.05) is 0 Å². The van der Waals surface area contributed by atoms with E-state index in [-0.39, 0.29) is 4.90 Å². The molecule has 0 spiro atoms. The van der Waals surface area contributed by atoms with Crippen molar-refractivity contribution in [2.24, 2.45) is 0 Å². The van der Waals surface area contributed by atoms with Crippen LogP contribution in [-0.2, 0) is 10.0 Å². The van der Waals surface area contributed by atoms with Crippen molar-refractivity contribution >= 4 is 43.0 Å². The molecular weight excluding hydrogens is 316 g/mol. The highest BCUT2D eigenvalue weighted by Gasteiger charge is 2.20. The van der Waals surface area contributed by atoms with E-state index in [9.17, 15) is 8.42 Å². The molecule has 16 heavy (non-hydrogen) atoms. The van der Waals surface area contributed by atoms with Crippen molar-refractivity contribution in [3.8, 4) is 0 Å². The predicted octanol–water partition coefficient (Wildman–Crippen LogP) is 2.61. The Labute approximate surface area is 105 Å². The maximum atomic E-state index is 11.9. The minimum atomic E-state index is -3.56. The SMILES string of the molecule is Cc1sc(Br)cc1S(=O)(=O)Nc1cnoc1. The average molecular weight is 323 g/mol. The number of halogens is 1. The summed E-state index contributed by atoms with van der Waals surface area (Å²) in [5.74, 6) is 0. The molecule has 8 heteroatoms. The molecule has 0 aliphatic rings. The van der Waals surface area contributed by atoms with Gasteiger partial charge in [-0.15, -0.1) is 11.3 Å². The maximum Gasteiger partial charge on any atom is 0.263 e. The number of aryl methyl sites for hydroxylation is 1. The third-order valence-electron chi connectivity index (χ3n) is 1.82. The van der Waals surface area contributed by atoms with Gasteiger partial charge in [0.05, 0.1) is 9.98 Å². The van der Waals surface area contributed by atoms with Crippen LogP contribution in [0.4, 0.5) is 5.69 Å². The molecule has 1 N–H and O–H groups in total. The second-order valence-corrected chi connectivity index (χ2v) is 7.28. The van der Waals surface area contributed by atoms with Crippen molar-refractivity contribution in [3.63, 3.8) is 0 Å². The lowest BCUT2D eigenvalue weighted by Crippen LogP contribution is -2.12. The highest BCUT2D eigenvalue weighted by molar-refractivity contribution is 9.11. The summed E-state index contributed by atoms with van der Waals surface area (Å²) >= 11 is 4.62. The maximum absolute atomic E-state index is 11.9. The molecule has 2 heterocycles. The zero-order chi connectivity index (χ0) is 11.8. The van der Waals surface area contributed by atoms with Gasteiger partial charge in [-0.1, -0.05) is 5.16 Å². The van der Waals surface area contributed by atoms with Crippen molar-refractivity contribution < 1.29 is 12.9 Å². The minimum Gasteiger partial charge on any atom is -0.362 e. The summed E-state index contributed by atoms with van der Waals surface area (Å²) in [4.78, 5) is 0.974. The Hall–Kier alpha value is -0.860. The zero-order valence-corrected chi connectivity index (χ0v) is 11.3. The van der Waals surface area contributed by atoms with Crippen LogP contribution < -0.4 is 4.72 Å². The molecule has 0 aliphatic carbocycles. The third kappa shape index (κ3) is 2.28. The van der Waals surface area contributed by atoms with Crippen LogP contribution in [0.5, 0.6) is 0 Å². The van der Waals surface area contributed by atoms with Crippen molar-refractivity contribution in [1.82, 2.24) is 5.16 Å². The highest BCUT2D eigenvalue weighted by Crippen LogP contribution is 2.30. The van der Waals surface area contributed by atoms with E-state index in [4.69, 9.17) is 0 Å². The Bertz CT molecular complexity index is 589. The molecule has 2 aromatic rings. The number of hydrogen-bond acceptors (Lipinski definition) is 5. The molecule has 0 bridgehead atoms. The van der Waals surface area contributed by atoms with Gasteiger partial charge in [-0.05, 0) is 28.9 Å². The zero-order valence-electron chi connectivity index (χ0n) is 8.10. The monoisotopic (exact) mass is 322 g/mol. The van der Waals surface area contributed by atoms with Crippen LogP contribution in [0.2, 0.25) is 0 Å². The van der Waals surface area contributed by atoms with Crippen LogP contribution in [0.1, 0.15) is 4.88 Å². The van der Waals surface area contributed by atoms with E-state index in [2.05, 4.69) is 30.3 Å². The molecule has 0 saturated heterocycles. The van der Waals surface area contributed by atoms with Gasteiger partial charge in [0.1, 0.15) is 16.8 Å². The van der Waals surface area contributed by atoms with Crippen molar-refractivity contribution in [2.45, 2.75) is 11.8 Å². The molecule has 0 unspecified atom stereocenters. The first-order chi connectivity index (χ1) is 7.49. The normalized spacial score (nSPS) is 11.6. The molecule has 0 aromatic carbocycles. The second kappa shape index (κ2) is 4.19. The van der Waals surface area contributed by atoms with Crippen LogP contribution in [0.25, 0.3) is 0 Å². The smallest absolute Gasteiger partial charge is 0.263 e. The van der Waals surface area contributed by atoms with Gasteiger partial charge >= 0.3 is 0 Å². The fraction of sp³-hybridized carbons (Fsp3) is 0.125. The molecule has 2 aromatic heterocycles. The van der Waals surface area contributed by atoms with Crippen LogP contribution >= 0.6 is 27.3 Å². The number of thiophene rings is 1. The number of rotatable bonds is 3. The van der Waals surface area contributed by atoms with Crippen LogP contribution in [-0.4, -0.2) is 13.6 Å². The summed E-state index contributed by atoms with van der Waals surface area (Å²) in [6.07, 6.45) is 2.53. The summed E-state index contributed by atoms with van der Waals surface area (Å²) in [5, 5.41) is 3.42. The van der Waals surface area contributed by atoms with Gasteiger partial charge in [0.15, 0.2) is 0 Å². The third-order valence-corrected chi connectivity index (χ3v) is 5.01. The fourth-order valence-corrected chi connectivity index (χ4v) is 4.60. The molecule has 0 radical (unpaired) electrons. The molecule has 86 valence electrons. The van der Waals surface area contributed by atoms with Gasteiger partial charge < -0.3 is 4.52 Å². The Morgan fingerprint density at radius 2 is 2.31 bits per heavy atom. The number of nitrogens with one attached hydrogen (secondary N) is 1. The molecule has 0 saturated carbocycles. The quantitative estimate of drug-likeness (QED) is 0.942. The van der Waals surface area contributed by atoms with Crippen LogP contribution in [0.3, 0.4) is 0 Å². The van der Waals surface area contributed by atoms with Crippen molar-refractivity contribution in [3.05, 3.63) is 27.2 Å². The lowest BCUT2D eigenvalue weighted by Gasteiger charge is -2.03. The molecule has 0 atom stereocenters. The van der Waals surface area contributed by atoms with Gasteiger partial charge in [-0.2, -0.15) is 0 Å². The first-order valence-electron chi connectivity index (χ1n) is 4.17. The Morgan fingerprint density at radius 3 is 2.81 bits per heavy atom. The number of nitrogens with zero attached hydrogens (tertiary/aromatic N) is 1. The Morgan fingerprint density at radius 1 is 1.56 bits per heavy atom. The minimum absolute atomic E-state index is 0.255. The lowest BCUT2D eigenvalue weighted by atomic mass is 10.5. The van der Waals surface area contributed by atoms with E-state index in [1.54, 1.807) is 13.0 Å². The molecule has 5 nitrogen and oxygen atoms in total. The van der Waals surface area contributed by atoms with Crippen molar-refractivity contribution in [1.29, 1.82) is 0 Å². The Balaban J connectivity index is 2.36. The average Bonchev–Trinajstić information content (AvgIpc) is 2.75. The topological polar surface area (TPSA) is 72.2 Å². The summed E-state index contributed by atoms with van der Waals surface area (Å²) in [6.45, 7) is 1.75. The van der Waals surface area contributed by atoms with Crippen molar-refractivity contribution in [2.75, 3.05) is 4.72 Å². The highest BCUT2D eigenvalue weighted by atomic mass is 79.9. The molecule has 0 amide bonds. The van der Waals surface area contributed by atoms with Gasteiger partial charge in [-0.3, -0.25) is 4.72 Å². The van der Waals surface area contributed by atoms with Gasteiger partial charge in [0.2, 0.25) is 0 Å². The number of hydrogen-bond donors (Lipinski definition) is 1. The number of aromatic nitrogens is 1. The van der Waals surface area contributed by atoms with E-state index in [0.717, 1.165) is 8.66 Å². The van der Waals surface area contributed by atoms with Crippen LogP contribution in [0, 0.1) is 6.92 Å². The van der Waals surface area contributed by atoms with E-state index in [0.29, 0.717) is 5.69 Å². The molecule has 0 fully saturated rings. The van der Waals surface area contributed by atoms with E-state index < -0.39 is 10.0 Å². The lowest BCUT2D eigenvalue weighted by molar-refractivity contribution is 0.420. The van der Waals surface area contributed by atoms with Gasteiger partial charge in [0, 0.05) is 4.88 Å². The molecule has 2 rings (SSSR count). The largest absolute Gasteiger partial charge is 0.362 e. The van der Waals surface area contributed by atoms with Crippen LogP contribution in [0.15, 0.2) is 31.7 Å². The Kier molecular flexibility index (Phi) is 3.04.